The van der Waals surface area contributed by atoms with Gasteiger partial charge in [-0.15, -0.1) is 28.2 Å². The zero-order valence-corrected chi connectivity index (χ0v) is 22.7. The van der Waals surface area contributed by atoms with E-state index >= 15 is 0 Å². The predicted octanol–water partition coefficient (Wildman–Crippen LogP) is 5.48. The van der Waals surface area contributed by atoms with Gasteiger partial charge in [-0.05, 0) is 64.2 Å². The summed E-state index contributed by atoms with van der Waals surface area (Å²) in [6.07, 6.45) is 1.89. The van der Waals surface area contributed by atoms with Crippen LogP contribution in [0.15, 0.2) is 116 Å². The minimum atomic E-state index is -4.68. The highest BCUT2D eigenvalue weighted by Gasteiger charge is 2.37. The number of sulfonamides is 2. The van der Waals surface area contributed by atoms with Crippen molar-refractivity contribution in [1.29, 1.82) is 0 Å². The van der Waals surface area contributed by atoms with Gasteiger partial charge < -0.3 is 5.73 Å². The number of amidine groups is 1. The first kappa shape index (κ1) is 25.3. The molecule has 0 spiro atoms. The van der Waals surface area contributed by atoms with Crippen molar-refractivity contribution in [1.82, 2.24) is 3.82 Å². The summed E-state index contributed by atoms with van der Waals surface area (Å²) in [6, 6.07) is 26.7. The molecule has 0 radical (unpaired) electrons. The van der Waals surface area contributed by atoms with Crippen LogP contribution in [0.4, 0.5) is 0 Å². The van der Waals surface area contributed by atoms with Gasteiger partial charge in [-0.1, -0.05) is 64.5 Å². The molecule has 0 fully saturated rings. The molecule has 11 heteroatoms. The lowest BCUT2D eigenvalue weighted by atomic mass is 10.1. The number of thiophene rings is 1. The highest BCUT2D eigenvalue weighted by atomic mass is 32.3. The average Bonchev–Trinajstić information content (AvgIpc) is 3.40. The number of hydrogen-bond acceptors (Lipinski definition) is 7. The molecule has 0 aliphatic rings. The van der Waals surface area contributed by atoms with Crippen molar-refractivity contribution in [3.63, 3.8) is 0 Å². The van der Waals surface area contributed by atoms with Crippen LogP contribution in [-0.2, 0) is 20.0 Å². The Hall–Kier alpha value is -3.38. The summed E-state index contributed by atoms with van der Waals surface area (Å²) in [5.74, 6) is -0.223. The van der Waals surface area contributed by atoms with Crippen LogP contribution >= 0.6 is 23.1 Å². The summed E-state index contributed by atoms with van der Waals surface area (Å²) in [4.78, 5) is 0.0166. The van der Waals surface area contributed by atoms with Gasteiger partial charge in [0.05, 0.1) is 18.9 Å². The molecule has 0 saturated carbocycles. The molecule has 2 N–H and O–H groups in total. The highest BCUT2D eigenvalue weighted by Crippen LogP contribution is 2.30. The van der Waals surface area contributed by atoms with Crippen molar-refractivity contribution in [2.75, 3.05) is 6.26 Å². The van der Waals surface area contributed by atoms with Crippen LogP contribution in [0.2, 0.25) is 0 Å². The van der Waals surface area contributed by atoms with E-state index in [2.05, 4.69) is 5.10 Å². The SMILES string of the molecule is CSc1ccc(C(N)=NN(S(=O)(=O)c2ccc3ccccc3c2)S(=O)(=O)c2ccc3ccccc3c2)s1. The molecule has 37 heavy (non-hydrogen) atoms. The fourth-order valence-electron chi connectivity index (χ4n) is 3.78. The first-order valence-corrected chi connectivity index (χ1v) is 15.9. The van der Waals surface area contributed by atoms with Crippen LogP contribution in [0.5, 0.6) is 0 Å². The fraction of sp³-hybridized carbons (Fsp3) is 0.0385. The lowest BCUT2D eigenvalue weighted by molar-refractivity contribution is 0.508. The molecule has 5 rings (SSSR count). The minimum absolute atomic E-state index is 0.141. The minimum Gasteiger partial charge on any atom is -0.381 e. The molecule has 0 saturated heterocycles. The van der Waals surface area contributed by atoms with Gasteiger partial charge in [0.25, 0.3) is 20.0 Å². The summed E-state index contributed by atoms with van der Waals surface area (Å²) in [6.45, 7) is 0. The van der Waals surface area contributed by atoms with Crippen molar-refractivity contribution >= 4 is 70.5 Å². The van der Waals surface area contributed by atoms with Crippen LogP contribution in [0.25, 0.3) is 21.5 Å². The van der Waals surface area contributed by atoms with E-state index < -0.39 is 20.0 Å². The first-order valence-electron chi connectivity index (χ1n) is 11.0. The van der Waals surface area contributed by atoms with Crippen molar-refractivity contribution < 1.29 is 16.8 Å². The Morgan fingerprint density at radius 1 is 0.730 bits per heavy atom. The third-order valence-electron chi connectivity index (χ3n) is 5.67. The second kappa shape index (κ2) is 9.82. The second-order valence-electron chi connectivity index (χ2n) is 8.01. The van der Waals surface area contributed by atoms with Gasteiger partial charge in [0.2, 0.25) is 0 Å². The Morgan fingerprint density at radius 3 is 1.68 bits per heavy atom. The molecule has 0 atom stereocenters. The Balaban J connectivity index is 1.69. The van der Waals surface area contributed by atoms with E-state index in [0.29, 0.717) is 15.6 Å². The van der Waals surface area contributed by atoms with Crippen LogP contribution < -0.4 is 5.73 Å². The molecule has 0 aliphatic carbocycles. The maximum atomic E-state index is 13.9. The zero-order valence-electron chi connectivity index (χ0n) is 19.5. The Kier molecular flexibility index (Phi) is 6.71. The van der Waals surface area contributed by atoms with Crippen molar-refractivity contribution in [2.24, 2.45) is 10.8 Å². The maximum absolute atomic E-state index is 13.9. The lowest BCUT2D eigenvalue weighted by Gasteiger charge is -2.20. The molecule has 1 aromatic heterocycles. The fourth-order valence-corrected chi connectivity index (χ4v) is 8.55. The summed E-state index contributed by atoms with van der Waals surface area (Å²) < 4.78 is 56.6. The number of rotatable bonds is 7. The van der Waals surface area contributed by atoms with Crippen molar-refractivity contribution in [3.8, 4) is 0 Å². The van der Waals surface area contributed by atoms with Crippen LogP contribution in [-0.4, -0.2) is 32.7 Å². The molecular weight excluding hydrogens is 547 g/mol. The maximum Gasteiger partial charge on any atom is 0.293 e. The third kappa shape index (κ3) is 4.82. The molecular formula is C26H21N3O4S4. The number of thioether (sulfide) groups is 1. The zero-order chi connectivity index (χ0) is 26.2. The number of nitrogens with two attached hydrogens (primary N) is 1. The number of nitrogens with zero attached hydrogens (tertiary/aromatic N) is 2. The van der Waals surface area contributed by atoms with Crippen LogP contribution in [0, 0.1) is 0 Å². The second-order valence-corrected chi connectivity index (χ2v) is 14.0. The van der Waals surface area contributed by atoms with Gasteiger partial charge in [0.1, 0.15) is 0 Å². The lowest BCUT2D eigenvalue weighted by Crippen LogP contribution is -2.35. The normalized spacial score (nSPS) is 12.7. The van der Waals surface area contributed by atoms with E-state index in [0.717, 1.165) is 15.0 Å². The average molecular weight is 568 g/mol. The topological polar surface area (TPSA) is 110 Å². The molecule has 1 heterocycles. The van der Waals surface area contributed by atoms with E-state index in [-0.39, 0.29) is 19.4 Å². The van der Waals surface area contributed by atoms with Gasteiger partial charge >= 0.3 is 0 Å². The number of hydrogen-bond donors (Lipinski definition) is 1. The quantitative estimate of drug-likeness (QED) is 0.121. The van der Waals surface area contributed by atoms with Gasteiger partial charge in [-0.2, -0.15) is 16.8 Å². The summed E-state index contributed by atoms with van der Waals surface area (Å²) in [5.41, 5.74) is 6.18. The van der Waals surface area contributed by atoms with Gasteiger partial charge in [-0.25, -0.2) is 0 Å². The molecule has 5 aromatic rings. The van der Waals surface area contributed by atoms with Crippen LogP contribution in [0.3, 0.4) is 0 Å². The molecule has 188 valence electrons. The van der Waals surface area contributed by atoms with Gasteiger partial charge in [0.15, 0.2) is 5.84 Å². The van der Waals surface area contributed by atoms with Gasteiger partial charge in [0, 0.05) is 0 Å². The molecule has 7 nitrogen and oxygen atoms in total. The van der Waals surface area contributed by atoms with E-state index in [1.807, 2.05) is 36.6 Å². The summed E-state index contributed by atoms with van der Waals surface area (Å²) in [5, 5.41) is 6.93. The standard InChI is InChI=1S/C26H21N3O4S4/c1-34-25-15-14-24(35-25)26(27)28-29(36(30,31)22-12-10-18-6-2-4-8-20(18)16-22)37(32,33)23-13-11-19-7-3-5-9-21(19)17-23/h2-17H,1H3,(H2,27,28). The number of fused-ring (bicyclic) bond motifs is 2. The molecule has 0 amide bonds. The molecule has 0 aliphatic heterocycles. The van der Waals surface area contributed by atoms with Gasteiger partial charge in [-0.3, -0.25) is 0 Å². The van der Waals surface area contributed by atoms with E-state index in [9.17, 15) is 16.8 Å². The smallest absolute Gasteiger partial charge is 0.293 e. The van der Waals surface area contributed by atoms with E-state index in [4.69, 9.17) is 5.73 Å². The first-order chi connectivity index (χ1) is 17.7. The highest BCUT2D eigenvalue weighted by molar-refractivity contribution is 8.04. The monoisotopic (exact) mass is 567 g/mol. The molecule has 4 aromatic carbocycles. The van der Waals surface area contributed by atoms with Crippen molar-refractivity contribution in [2.45, 2.75) is 14.0 Å². The summed E-state index contributed by atoms with van der Waals surface area (Å²) in [7, 11) is -9.35. The van der Waals surface area contributed by atoms with E-state index in [1.54, 1.807) is 42.5 Å². The van der Waals surface area contributed by atoms with Crippen LogP contribution in [0.1, 0.15) is 4.88 Å². The Bertz CT molecular complexity index is 1770. The predicted molar refractivity (Wildman–Crippen MR) is 151 cm³/mol. The largest absolute Gasteiger partial charge is 0.381 e. The number of benzene rings is 4. The Labute approximate surface area is 223 Å². The number of hydrazone groups is 1. The molecule has 0 unspecified atom stereocenters. The van der Waals surface area contributed by atoms with Crippen molar-refractivity contribution in [3.05, 3.63) is 102 Å². The van der Waals surface area contributed by atoms with E-state index in [1.165, 1.54) is 47.4 Å². The summed E-state index contributed by atoms with van der Waals surface area (Å²) >= 11 is 2.78. The Morgan fingerprint density at radius 2 is 1.22 bits per heavy atom. The molecule has 0 bridgehead atoms. The third-order valence-corrected chi connectivity index (χ3v) is 11.7.